The Labute approximate surface area is 173 Å². The van der Waals surface area contributed by atoms with Crippen molar-refractivity contribution >= 4 is 43.9 Å². The molecule has 2 heterocycles. The summed E-state index contributed by atoms with van der Waals surface area (Å²) in [6.07, 6.45) is 0. The van der Waals surface area contributed by atoms with Gasteiger partial charge >= 0.3 is 0 Å². The molecular weight excluding hydrogens is 414 g/mol. The van der Waals surface area contributed by atoms with Gasteiger partial charge in [-0.3, -0.25) is 9.69 Å². The topological polar surface area (TPSA) is 58.1 Å². The molecule has 9 heteroatoms. The van der Waals surface area contributed by atoms with Crippen molar-refractivity contribution in [2.45, 2.75) is 6.54 Å². The second kappa shape index (κ2) is 8.32. The molecule has 0 radical (unpaired) electrons. The average Bonchev–Trinajstić information content (AvgIpc) is 3.30. The lowest BCUT2D eigenvalue weighted by Crippen LogP contribution is -2.29. The Balaban J connectivity index is 1.35. The monoisotopic (exact) mass is 430 g/mol. The maximum atomic E-state index is 13.4. The van der Waals surface area contributed by atoms with E-state index in [1.165, 1.54) is 17.4 Å². The zero-order chi connectivity index (χ0) is 20.4. The van der Waals surface area contributed by atoms with Crippen molar-refractivity contribution < 1.29 is 13.6 Å². The number of nitrogens with one attached hydrogen (secondary N) is 1. The van der Waals surface area contributed by atoms with Gasteiger partial charge in [0.05, 0.1) is 29.0 Å². The van der Waals surface area contributed by atoms with Gasteiger partial charge in [-0.1, -0.05) is 12.1 Å². The van der Waals surface area contributed by atoms with Crippen molar-refractivity contribution in [2.24, 2.45) is 0 Å². The molecule has 2 aromatic heterocycles. The van der Waals surface area contributed by atoms with Gasteiger partial charge in [0.25, 0.3) is 0 Å². The molecule has 0 fully saturated rings. The molecule has 1 N–H and O–H groups in total. The van der Waals surface area contributed by atoms with Crippen molar-refractivity contribution in [2.75, 3.05) is 18.9 Å². The summed E-state index contributed by atoms with van der Waals surface area (Å²) >= 11 is 2.84. The second-order valence-electron chi connectivity index (χ2n) is 6.46. The minimum atomic E-state index is -0.933. The first-order valence-corrected chi connectivity index (χ1v) is 10.4. The molecular formula is C20H16F2N4OS2. The van der Waals surface area contributed by atoms with Crippen molar-refractivity contribution in [3.63, 3.8) is 0 Å². The van der Waals surface area contributed by atoms with Gasteiger partial charge in [0, 0.05) is 10.9 Å². The highest BCUT2D eigenvalue weighted by atomic mass is 32.1. The third-order valence-electron chi connectivity index (χ3n) is 4.12. The number of rotatable bonds is 6. The summed E-state index contributed by atoms with van der Waals surface area (Å²) in [7, 11) is 1.85. The lowest BCUT2D eigenvalue weighted by atomic mass is 10.2. The Morgan fingerprint density at radius 2 is 1.97 bits per heavy atom. The first-order chi connectivity index (χ1) is 14.0. The number of halogens is 2. The minimum Gasteiger partial charge on any atom is -0.301 e. The maximum absolute atomic E-state index is 13.4. The summed E-state index contributed by atoms with van der Waals surface area (Å²) in [6, 6.07) is 11.5. The van der Waals surface area contributed by atoms with Crippen LogP contribution in [-0.4, -0.2) is 34.4 Å². The molecule has 0 aliphatic rings. The number of hydrogen-bond acceptors (Lipinski definition) is 6. The van der Waals surface area contributed by atoms with Crippen LogP contribution in [0.1, 0.15) is 5.01 Å². The van der Waals surface area contributed by atoms with Crippen LogP contribution in [0.25, 0.3) is 21.5 Å². The van der Waals surface area contributed by atoms with Crippen LogP contribution in [0.5, 0.6) is 0 Å². The number of hydrogen-bond donors (Lipinski definition) is 1. The number of aromatic nitrogens is 2. The van der Waals surface area contributed by atoms with Crippen LogP contribution in [-0.2, 0) is 11.3 Å². The van der Waals surface area contributed by atoms with Gasteiger partial charge in [-0.2, -0.15) is 0 Å². The fourth-order valence-electron chi connectivity index (χ4n) is 2.80. The molecule has 5 nitrogen and oxygen atoms in total. The number of carbonyl (C=O) groups excluding carboxylic acids is 1. The van der Waals surface area contributed by atoms with Gasteiger partial charge in [0.15, 0.2) is 16.8 Å². The average molecular weight is 431 g/mol. The number of thiazole rings is 2. The van der Waals surface area contributed by atoms with Gasteiger partial charge < -0.3 is 5.32 Å². The van der Waals surface area contributed by atoms with Crippen LogP contribution in [0.2, 0.25) is 0 Å². The van der Waals surface area contributed by atoms with Crippen LogP contribution in [0.4, 0.5) is 13.9 Å². The standard InChI is InChI=1S/C20H16F2N4OS2/c1-26(10-19-23-15-4-2-3-5-17(15)29-19)9-18(27)25-20-24-16(11-28-20)12-6-7-13(21)14(22)8-12/h2-8,11H,9-10H2,1H3,(H,24,25,27). The maximum Gasteiger partial charge on any atom is 0.240 e. The molecule has 0 spiro atoms. The van der Waals surface area contributed by atoms with Gasteiger partial charge in [0.1, 0.15) is 5.01 Å². The fraction of sp³-hybridized carbons (Fsp3) is 0.150. The molecule has 0 bridgehead atoms. The van der Waals surface area contributed by atoms with Gasteiger partial charge in [-0.05, 0) is 37.4 Å². The number of benzene rings is 2. The van der Waals surface area contributed by atoms with E-state index in [0.29, 0.717) is 22.9 Å². The highest BCUT2D eigenvalue weighted by molar-refractivity contribution is 7.18. The number of nitrogens with zero attached hydrogens (tertiary/aromatic N) is 3. The van der Waals surface area contributed by atoms with Crippen molar-refractivity contribution in [1.29, 1.82) is 0 Å². The van der Waals surface area contributed by atoms with Crippen molar-refractivity contribution in [1.82, 2.24) is 14.9 Å². The first kappa shape index (κ1) is 19.6. The number of fused-ring (bicyclic) bond motifs is 1. The van der Waals surface area contributed by atoms with Gasteiger partial charge in [-0.15, -0.1) is 22.7 Å². The first-order valence-electron chi connectivity index (χ1n) is 8.72. The SMILES string of the molecule is CN(CC(=O)Nc1nc(-c2ccc(F)c(F)c2)cs1)Cc1nc2ccccc2s1. The van der Waals surface area contributed by atoms with Crippen molar-refractivity contribution in [3.05, 3.63) is 64.5 Å². The molecule has 0 saturated heterocycles. The lowest BCUT2D eigenvalue weighted by Gasteiger charge is -2.13. The van der Waals surface area contributed by atoms with Crippen LogP contribution >= 0.6 is 22.7 Å². The molecule has 0 aliphatic heterocycles. The predicted octanol–water partition coefficient (Wildman–Crippen LogP) is 4.77. The van der Waals surface area contributed by atoms with E-state index >= 15 is 0 Å². The zero-order valence-corrected chi connectivity index (χ0v) is 17.0. The predicted molar refractivity (Wildman–Crippen MR) is 112 cm³/mol. The number of amides is 1. The highest BCUT2D eigenvalue weighted by Gasteiger charge is 2.13. The van der Waals surface area contributed by atoms with E-state index < -0.39 is 11.6 Å². The smallest absolute Gasteiger partial charge is 0.240 e. The third-order valence-corrected chi connectivity index (χ3v) is 5.90. The normalized spacial score (nSPS) is 11.3. The number of likely N-dealkylation sites (N-methyl/N-ethyl adjacent to an activating group) is 1. The summed E-state index contributed by atoms with van der Waals surface area (Å²) in [6.45, 7) is 0.737. The highest BCUT2D eigenvalue weighted by Crippen LogP contribution is 2.26. The largest absolute Gasteiger partial charge is 0.301 e. The lowest BCUT2D eigenvalue weighted by molar-refractivity contribution is -0.117. The number of para-hydroxylation sites is 1. The summed E-state index contributed by atoms with van der Waals surface area (Å²) in [4.78, 5) is 23.0. The summed E-state index contributed by atoms with van der Waals surface area (Å²) < 4.78 is 27.6. The summed E-state index contributed by atoms with van der Waals surface area (Å²) in [5.41, 5.74) is 1.89. The molecule has 2 aromatic carbocycles. The zero-order valence-electron chi connectivity index (χ0n) is 15.4. The van der Waals surface area contributed by atoms with Crippen LogP contribution in [0.3, 0.4) is 0 Å². The summed E-state index contributed by atoms with van der Waals surface area (Å²) in [5, 5.41) is 5.78. The van der Waals surface area contributed by atoms with E-state index in [4.69, 9.17) is 0 Å². The minimum absolute atomic E-state index is 0.177. The molecule has 0 saturated carbocycles. The second-order valence-corrected chi connectivity index (χ2v) is 8.44. The van der Waals surface area contributed by atoms with E-state index in [-0.39, 0.29) is 12.5 Å². The number of carbonyl (C=O) groups is 1. The molecule has 4 aromatic rings. The molecule has 0 atom stereocenters. The van der Waals surface area contributed by atoms with E-state index in [1.807, 2.05) is 36.2 Å². The Morgan fingerprint density at radius 1 is 1.14 bits per heavy atom. The van der Waals surface area contributed by atoms with Crippen LogP contribution in [0, 0.1) is 11.6 Å². The molecule has 0 aliphatic carbocycles. The van der Waals surface area contributed by atoms with Crippen LogP contribution in [0.15, 0.2) is 47.8 Å². The van der Waals surface area contributed by atoms with Crippen molar-refractivity contribution in [3.8, 4) is 11.3 Å². The van der Waals surface area contributed by atoms with Gasteiger partial charge in [0.2, 0.25) is 5.91 Å². The van der Waals surface area contributed by atoms with E-state index in [9.17, 15) is 13.6 Å². The molecule has 148 valence electrons. The Bertz CT molecular complexity index is 1140. The third kappa shape index (κ3) is 4.64. The van der Waals surface area contributed by atoms with Crippen LogP contribution < -0.4 is 5.32 Å². The quantitative estimate of drug-likeness (QED) is 0.479. The number of anilines is 1. The Kier molecular flexibility index (Phi) is 5.61. The Morgan fingerprint density at radius 3 is 2.76 bits per heavy atom. The molecule has 4 rings (SSSR count). The molecule has 29 heavy (non-hydrogen) atoms. The van der Waals surface area contributed by atoms with E-state index in [2.05, 4.69) is 15.3 Å². The molecule has 0 unspecified atom stereocenters. The van der Waals surface area contributed by atoms with E-state index in [0.717, 1.165) is 27.4 Å². The Hall–Kier alpha value is -2.75. The summed E-state index contributed by atoms with van der Waals surface area (Å²) in [5.74, 6) is -2.05. The fourth-order valence-corrected chi connectivity index (χ4v) is 4.58. The van der Waals surface area contributed by atoms with Gasteiger partial charge in [-0.25, -0.2) is 18.7 Å². The molecule has 1 amide bonds. The van der Waals surface area contributed by atoms with E-state index in [1.54, 1.807) is 16.7 Å².